The quantitative estimate of drug-likeness (QED) is 0.721. The van der Waals surface area contributed by atoms with E-state index in [4.69, 9.17) is 5.14 Å². The van der Waals surface area contributed by atoms with Crippen LogP contribution in [-0.4, -0.2) is 13.4 Å². The number of sulfonamides is 1. The van der Waals surface area contributed by atoms with Crippen LogP contribution >= 0.6 is 0 Å². The first kappa shape index (κ1) is 9.15. The Balaban J connectivity index is 3.20. The minimum absolute atomic E-state index is 0.0712. The van der Waals surface area contributed by atoms with E-state index in [1.807, 2.05) is 6.92 Å². The Hall–Kier alpha value is -0.940. The number of hydrogen-bond acceptors (Lipinski definition) is 3. The normalized spacial score (nSPS) is 11.5. The van der Waals surface area contributed by atoms with E-state index in [1.165, 1.54) is 12.3 Å². The number of aryl methyl sites for hydroxylation is 1. The van der Waals surface area contributed by atoms with Crippen LogP contribution in [0.1, 0.15) is 12.5 Å². The van der Waals surface area contributed by atoms with Gasteiger partial charge in [-0.2, -0.15) is 0 Å². The van der Waals surface area contributed by atoms with E-state index in [0.29, 0.717) is 0 Å². The molecular weight excluding hydrogens is 176 g/mol. The summed E-state index contributed by atoms with van der Waals surface area (Å²) in [5.41, 5.74) is 0.863. The Bertz CT molecular complexity index is 373. The van der Waals surface area contributed by atoms with Crippen LogP contribution in [0.5, 0.6) is 0 Å². The second-order valence-electron chi connectivity index (χ2n) is 2.43. The SMILES string of the molecule is CCc1cncc(S(N)(=O)=O)c1. The fraction of sp³-hybridized carbons (Fsp3) is 0.286. The van der Waals surface area contributed by atoms with E-state index in [2.05, 4.69) is 4.98 Å². The lowest BCUT2D eigenvalue weighted by molar-refractivity contribution is 0.597. The van der Waals surface area contributed by atoms with Crippen molar-refractivity contribution in [3.8, 4) is 0 Å². The van der Waals surface area contributed by atoms with Crippen LogP contribution in [-0.2, 0) is 16.4 Å². The van der Waals surface area contributed by atoms with Gasteiger partial charge in [-0.05, 0) is 18.1 Å². The van der Waals surface area contributed by atoms with Crippen molar-refractivity contribution in [1.29, 1.82) is 0 Å². The molecule has 0 saturated carbocycles. The molecule has 5 heteroatoms. The molecule has 1 rings (SSSR count). The van der Waals surface area contributed by atoms with Gasteiger partial charge in [0.05, 0.1) is 0 Å². The molecule has 12 heavy (non-hydrogen) atoms. The average Bonchev–Trinajstić information content (AvgIpc) is 2.03. The molecule has 2 N–H and O–H groups in total. The van der Waals surface area contributed by atoms with Gasteiger partial charge in [0.1, 0.15) is 4.90 Å². The van der Waals surface area contributed by atoms with Gasteiger partial charge in [-0.1, -0.05) is 6.92 Å². The van der Waals surface area contributed by atoms with Gasteiger partial charge in [0, 0.05) is 12.4 Å². The van der Waals surface area contributed by atoms with Gasteiger partial charge >= 0.3 is 0 Å². The first-order chi connectivity index (χ1) is 5.54. The molecule has 0 aromatic carbocycles. The zero-order valence-electron chi connectivity index (χ0n) is 6.69. The standard InChI is InChI=1S/C7H10N2O2S/c1-2-6-3-7(5-9-4-6)12(8,10)11/h3-5H,2H2,1H3,(H2,8,10,11). The lowest BCUT2D eigenvalue weighted by atomic mass is 10.2. The first-order valence-corrected chi connectivity index (χ1v) is 5.05. The van der Waals surface area contributed by atoms with Crippen LogP contribution in [0.3, 0.4) is 0 Å². The molecule has 4 nitrogen and oxygen atoms in total. The van der Waals surface area contributed by atoms with Gasteiger partial charge in [0.25, 0.3) is 0 Å². The summed E-state index contributed by atoms with van der Waals surface area (Å²) in [4.78, 5) is 3.83. The van der Waals surface area contributed by atoms with Crippen molar-refractivity contribution in [1.82, 2.24) is 4.98 Å². The molecule has 0 aliphatic carbocycles. The van der Waals surface area contributed by atoms with Crippen LogP contribution in [0.4, 0.5) is 0 Å². The molecule has 1 heterocycles. The molecule has 1 aromatic heterocycles. The Labute approximate surface area is 71.5 Å². The first-order valence-electron chi connectivity index (χ1n) is 3.50. The highest BCUT2D eigenvalue weighted by molar-refractivity contribution is 7.89. The van der Waals surface area contributed by atoms with Gasteiger partial charge in [-0.25, -0.2) is 13.6 Å². The third-order valence-electron chi connectivity index (χ3n) is 1.51. The van der Waals surface area contributed by atoms with Crippen LogP contribution in [0.25, 0.3) is 0 Å². The number of primary sulfonamides is 1. The second kappa shape index (κ2) is 3.20. The van der Waals surface area contributed by atoms with Crippen molar-refractivity contribution in [2.24, 2.45) is 5.14 Å². The van der Waals surface area contributed by atoms with Crippen molar-refractivity contribution < 1.29 is 8.42 Å². The van der Waals surface area contributed by atoms with E-state index in [-0.39, 0.29) is 4.90 Å². The Morgan fingerprint density at radius 3 is 2.67 bits per heavy atom. The summed E-state index contributed by atoms with van der Waals surface area (Å²) in [7, 11) is -3.60. The fourth-order valence-electron chi connectivity index (χ4n) is 0.813. The summed E-state index contributed by atoms with van der Waals surface area (Å²) in [5.74, 6) is 0. The van der Waals surface area contributed by atoms with Crippen molar-refractivity contribution in [3.63, 3.8) is 0 Å². The predicted octanol–water partition coefficient (Wildman–Crippen LogP) is 0.291. The van der Waals surface area contributed by atoms with Gasteiger partial charge in [0.2, 0.25) is 10.0 Å². The lowest BCUT2D eigenvalue weighted by Gasteiger charge is -1.99. The number of hydrogen-bond donors (Lipinski definition) is 1. The summed E-state index contributed by atoms with van der Waals surface area (Å²) in [6.07, 6.45) is 3.61. The van der Waals surface area contributed by atoms with Crippen molar-refractivity contribution in [2.75, 3.05) is 0 Å². The Kier molecular flexibility index (Phi) is 2.44. The molecule has 1 aromatic rings. The summed E-state index contributed by atoms with van der Waals surface area (Å²) >= 11 is 0. The molecule has 0 atom stereocenters. The van der Waals surface area contributed by atoms with Gasteiger partial charge in [0.15, 0.2) is 0 Å². The zero-order valence-corrected chi connectivity index (χ0v) is 7.50. The van der Waals surface area contributed by atoms with E-state index < -0.39 is 10.0 Å². The maximum Gasteiger partial charge on any atom is 0.239 e. The van der Waals surface area contributed by atoms with Crippen molar-refractivity contribution in [3.05, 3.63) is 24.0 Å². The highest BCUT2D eigenvalue weighted by Crippen LogP contribution is 2.07. The highest BCUT2D eigenvalue weighted by Gasteiger charge is 2.07. The van der Waals surface area contributed by atoms with E-state index in [1.54, 1.807) is 6.20 Å². The van der Waals surface area contributed by atoms with Crippen molar-refractivity contribution in [2.45, 2.75) is 18.2 Å². The number of nitrogens with two attached hydrogens (primary N) is 1. The minimum atomic E-state index is -3.60. The second-order valence-corrected chi connectivity index (χ2v) is 3.99. The largest absolute Gasteiger partial charge is 0.263 e. The minimum Gasteiger partial charge on any atom is -0.263 e. The fourth-order valence-corrected chi connectivity index (χ4v) is 1.34. The van der Waals surface area contributed by atoms with Crippen LogP contribution in [0.2, 0.25) is 0 Å². The molecule has 0 aliphatic heterocycles. The molecule has 66 valence electrons. The predicted molar refractivity (Wildman–Crippen MR) is 45.0 cm³/mol. The van der Waals surface area contributed by atoms with Gasteiger partial charge in [-0.3, -0.25) is 4.98 Å². The molecule has 0 amide bonds. The van der Waals surface area contributed by atoms with E-state index >= 15 is 0 Å². The Morgan fingerprint density at radius 2 is 2.17 bits per heavy atom. The van der Waals surface area contributed by atoms with Gasteiger partial charge in [-0.15, -0.1) is 0 Å². The molecule has 0 fully saturated rings. The van der Waals surface area contributed by atoms with Crippen LogP contribution in [0, 0.1) is 0 Å². The summed E-state index contributed by atoms with van der Waals surface area (Å²) in [5, 5.41) is 4.91. The smallest absolute Gasteiger partial charge is 0.239 e. The van der Waals surface area contributed by atoms with E-state index in [9.17, 15) is 8.42 Å². The number of pyridine rings is 1. The third kappa shape index (κ3) is 2.02. The van der Waals surface area contributed by atoms with Crippen LogP contribution < -0.4 is 5.14 Å². The average molecular weight is 186 g/mol. The molecule has 0 spiro atoms. The third-order valence-corrected chi connectivity index (χ3v) is 2.39. The number of rotatable bonds is 2. The molecule has 0 radical (unpaired) electrons. The summed E-state index contributed by atoms with van der Waals surface area (Å²) in [6.45, 7) is 1.92. The Morgan fingerprint density at radius 1 is 1.50 bits per heavy atom. The van der Waals surface area contributed by atoms with Gasteiger partial charge < -0.3 is 0 Å². The number of aromatic nitrogens is 1. The topological polar surface area (TPSA) is 73.0 Å². The zero-order chi connectivity index (χ0) is 9.19. The molecular formula is C7H10N2O2S. The molecule has 0 unspecified atom stereocenters. The van der Waals surface area contributed by atoms with E-state index in [0.717, 1.165) is 12.0 Å². The number of nitrogens with zero attached hydrogens (tertiary/aromatic N) is 1. The van der Waals surface area contributed by atoms with Crippen molar-refractivity contribution >= 4 is 10.0 Å². The monoisotopic (exact) mass is 186 g/mol. The molecule has 0 bridgehead atoms. The lowest BCUT2D eigenvalue weighted by Crippen LogP contribution is -2.12. The highest BCUT2D eigenvalue weighted by atomic mass is 32.2. The maximum absolute atomic E-state index is 10.8. The summed E-state index contributed by atoms with van der Waals surface area (Å²) in [6, 6.07) is 1.53. The summed E-state index contributed by atoms with van der Waals surface area (Å²) < 4.78 is 21.7. The maximum atomic E-state index is 10.8. The molecule has 0 saturated heterocycles. The molecule has 0 aliphatic rings. The van der Waals surface area contributed by atoms with Crippen LogP contribution in [0.15, 0.2) is 23.4 Å².